The van der Waals surface area contributed by atoms with Crippen molar-refractivity contribution in [3.05, 3.63) is 34.7 Å². The highest BCUT2D eigenvalue weighted by atomic mass is 32.1. The summed E-state index contributed by atoms with van der Waals surface area (Å²) in [7, 11) is 0. The van der Waals surface area contributed by atoms with Crippen LogP contribution in [0.5, 0.6) is 0 Å². The van der Waals surface area contributed by atoms with E-state index in [0.717, 1.165) is 19.6 Å². The Morgan fingerprint density at radius 1 is 1.60 bits per heavy atom. The highest BCUT2D eigenvalue weighted by Gasteiger charge is 2.05. The summed E-state index contributed by atoms with van der Waals surface area (Å²) in [6.07, 6.45) is 2.51. The molecule has 0 aromatic carbocycles. The third-order valence-electron chi connectivity index (χ3n) is 2.20. The maximum atomic E-state index is 5.05. The van der Waals surface area contributed by atoms with Crippen LogP contribution in [0.4, 0.5) is 0 Å². The summed E-state index contributed by atoms with van der Waals surface area (Å²) < 4.78 is 5.05. The van der Waals surface area contributed by atoms with Crippen LogP contribution in [0.15, 0.2) is 25.0 Å². The summed E-state index contributed by atoms with van der Waals surface area (Å²) in [6.45, 7) is 9.56. The van der Waals surface area contributed by atoms with Gasteiger partial charge >= 0.3 is 0 Å². The SMILES string of the molecule is C=COCCCNC(C)c1ccc(C)s1. The molecular weight excluding hydrogens is 206 g/mol. The van der Waals surface area contributed by atoms with Crippen LogP contribution in [-0.2, 0) is 4.74 Å². The zero-order chi connectivity index (χ0) is 11.1. The minimum atomic E-state index is 0.437. The quantitative estimate of drug-likeness (QED) is 0.568. The Kier molecular flexibility index (Phi) is 5.43. The Labute approximate surface area is 96.0 Å². The molecule has 1 heterocycles. The predicted molar refractivity (Wildman–Crippen MR) is 66.2 cm³/mol. The minimum absolute atomic E-state index is 0.437. The molecule has 3 heteroatoms. The van der Waals surface area contributed by atoms with Gasteiger partial charge in [0, 0.05) is 15.8 Å². The number of hydrogen-bond acceptors (Lipinski definition) is 3. The molecule has 84 valence electrons. The molecule has 0 amide bonds. The number of aryl methyl sites for hydroxylation is 1. The molecular formula is C12H19NOS. The van der Waals surface area contributed by atoms with Crippen molar-refractivity contribution in [3.63, 3.8) is 0 Å². The summed E-state index contributed by atoms with van der Waals surface area (Å²) in [5.41, 5.74) is 0. The predicted octanol–water partition coefficient (Wildman–Crippen LogP) is 3.26. The molecule has 0 aliphatic rings. The number of nitrogens with one attached hydrogen (secondary N) is 1. The van der Waals surface area contributed by atoms with E-state index in [0.29, 0.717) is 6.04 Å². The Bertz CT molecular complexity index is 296. The minimum Gasteiger partial charge on any atom is -0.502 e. The second kappa shape index (κ2) is 6.64. The topological polar surface area (TPSA) is 21.3 Å². The molecule has 1 unspecified atom stereocenters. The van der Waals surface area contributed by atoms with Crippen molar-refractivity contribution in [3.8, 4) is 0 Å². The van der Waals surface area contributed by atoms with E-state index in [9.17, 15) is 0 Å². The number of rotatable bonds is 7. The van der Waals surface area contributed by atoms with Gasteiger partial charge < -0.3 is 10.1 Å². The number of hydrogen-bond donors (Lipinski definition) is 1. The lowest BCUT2D eigenvalue weighted by Crippen LogP contribution is -2.19. The normalized spacial score (nSPS) is 12.4. The van der Waals surface area contributed by atoms with Gasteiger partial charge in [0.05, 0.1) is 12.9 Å². The summed E-state index contributed by atoms with van der Waals surface area (Å²) in [4.78, 5) is 2.77. The van der Waals surface area contributed by atoms with E-state index in [1.165, 1.54) is 16.0 Å². The average molecular weight is 225 g/mol. The van der Waals surface area contributed by atoms with Crippen molar-refractivity contribution in [1.82, 2.24) is 5.32 Å². The van der Waals surface area contributed by atoms with Crippen LogP contribution in [0.2, 0.25) is 0 Å². The van der Waals surface area contributed by atoms with Gasteiger partial charge in [-0.05, 0) is 38.9 Å². The first-order valence-electron chi connectivity index (χ1n) is 5.26. The lowest BCUT2D eigenvalue weighted by molar-refractivity contribution is 0.243. The molecule has 0 spiro atoms. The van der Waals surface area contributed by atoms with Crippen LogP contribution in [0.25, 0.3) is 0 Å². The van der Waals surface area contributed by atoms with Crippen LogP contribution in [0.3, 0.4) is 0 Å². The zero-order valence-electron chi connectivity index (χ0n) is 9.45. The molecule has 0 saturated heterocycles. The van der Waals surface area contributed by atoms with Crippen molar-refractivity contribution in [2.75, 3.05) is 13.2 Å². The third-order valence-corrected chi connectivity index (χ3v) is 3.38. The smallest absolute Gasteiger partial charge is 0.0885 e. The fourth-order valence-electron chi connectivity index (χ4n) is 1.34. The Hall–Kier alpha value is -0.800. The van der Waals surface area contributed by atoms with Crippen molar-refractivity contribution in [1.29, 1.82) is 0 Å². The molecule has 0 fully saturated rings. The summed E-state index contributed by atoms with van der Waals surface area (Å²) >= 11 is 1.85. The lowest BCUT2D eigenvalue weighted by atomic mass is 10.2. The number of thiophene rings is 1. The molecule has 1 atom stereocenters. The van der Waals surface area contributed by atoms with E-state index in [4.69, 9.17) is 4.74 Å². The maximum absolute atomic E-state index is 5.05. The van der Waals surface area contributed by atoms with Gasteiger partial charge in [-0.2, -0.15) is 0 Å². The van der Waals surface area contributed by atoms with Crippen LogP contribution in [0, 0.1) is 6.92 Å². The number of ether oxygens (including phenoxy) is 1. The van der Waals surface area contributed by atoms with Gasteiger partial charge in [-0.1, -0.05) is 6.58 Å². The second-order valence-electron chi connectivity index (χ2n) is 3.52. The van der Waals surface area contributed by atoms with Gasteiger partial charge in [0.2, 0.25) is 0 Å². The molecule has 0 bridgehead atoms. The molecule has 0 aliphatic carbocycles. The first-order valence-corrected chi connectivity index (χ1v) is 6.08. The van der Waals surface area contributed by atoms with Crippen molar-refractivity contribution < 1.29 is 4.74 Å². The van der Waals surface area contributed by atoms with Gasteiger partial charge in [-0.3, -0.25) is 0 Å². The fourth-order valence-corrected chi connectivity index (χ4v) is 2.25. The fraction of sp³-hybridized carbons (Fsp3) is 0.500. The summed E-state index contributed by atoms with van der Waals surface area (Å²) in [5, 5.41) is 3.47. The monoisotopic (exact) mass is 225 g/mol. The van der Waals surface area contributed by atoms with Crippen molar-refractivity contribution in [2.24, 2.45) is 0 Å². The first kappa shape index (κ1) is 12.3. The summed E-state index contributed by atoms with van der Waals surface area (Å²) in [5.74, 6) is 0. The highest BCUT2D eigenvalue weighted by Crippen LogP contribution is 2.21. The Morgan fingerprint density at radius 3 is 3.00 bits per heavy atom. The lowest BCUT2D eigenvalue weighted by Gasteiger charge is -2.11. The van der Waals surface area contributed by atoms with Crippen LogP contribution in [-0.4, -0.2) is 13.2 Å². The average Bonchev–Trinajstić information content (AvgIpc) is 2.64. The molecule has 0 saturated carbocycles. The van der Waals surface area contributed by atoms with Gasteiger partial charge in [-0.25, -0.2) is 0 Å². The van der Waals surface area contributed by atoms with Gasteiger partial charge in [-0.15, -0.1) is 11.3 Å². The highest BCUT2D eigenvalue weighted by molar-refractivity contribution is 7.12. The van der Waals surface area contributed by atoms with Gasteiger partial charge in [0.1, 0.15) is 0 Å². The molecule has 1 aromatic heterocycles. The van der Waals surface area contributed by atoms with Crippen LogP contribution < -0.4 is 5.32 Å². The van der Waals surface area contributed by atoms with Crippen molar-refractivity contribution in [2.45, 2.75) is 26.3 Å². The molecule has 2 nitrogen and oxygen atoms in total. The van der Waals surface area contributed by atoms with Crippen molar-refractivity contribution >= 4 is 11.3 Å². The molecule has 1 N–H and O–H groups in total. The molecule has 15 heavy (non-hydrogen) atoms. The summed E-state index contributed by atoms with van der Waals surface area (Å²) in [6, 6.07) is 4.80. The largest absolute Gasteiger partial charge is 0.502 e. The third kappa shape index (κ3) is 4.49. The molecule has 0 radical (unpaired) electrons. The van der Waals surface area contributed by atoms with E-state index in [1.54, 1.807) is 0 Å². The molecule has 1 aromatic rings. The maximum Gasteiger partial charge on any atom is 0.0885 e. The van der Waals surface area contributed by atoms with Crippen LogP contribution >= 0.6 is 11.3 Å². The molecule has 0 aliphatic heterocycles. The Morgan fingerprint density at radius 2 is 2.40 bits per heavy atom. The Balaban J connectivity index is 2.18. The van der Waals surface area contributed by atoms with E-state index >= 15 is 0 Å². The first-order chi connectivity index (χ1) is 7.24. The van der Waals surface area contributed by atoms with E-state index in [2.05, 4.69) is 37.9 Å². The van der Waals surface area contributed by atoms with Crippen LogP contribution in [0.1, 0.15) is 29.1 Å². The second-order valence-corrected chi connectivity index (χ2v) is 4.83. The molecule has 1 rings (SSSR count). The zero-order valence-corrected chi connectivity index (χ0v) is 10.3. The van der Waals surface area contributed by atoms with E-state index < -0.39 is 0 Å². The van der Waals surface area contributed by atoms with Gasteiger partial charge in [0.15, 0.2) is 0 Å². The van der Waals surface area contributed by atoms with E-state index in [-0.39, 0.29) is 0 Å². The van der Waals surface area contributed by atoms with E-state index in [1.807, 2.05) is 11.3 Å². The van der Waals surface area contributed by atoms with Gasteiger partial charge in [0.25, 0.3) is 0 Å². The standard InChI is InChI=1S/C12H19NOS/c1-4-14-9-5-8-13-11(3)12-7-6-10(2)15-12/h4,6-7,11,13H,1,5,8-9H2,2-3H3.